The zero-order valence-electron chi connectivity index (χ0n) is 9.78. The molecule has 0 amide bonds. The molecule has 0 radical (unpaired) electrons. The molecular weight excluding hydrogens is 184 g/mol. The van der Waals surface area contributed by atoms with Gasteiger partial charge in [-0.25, -0.2) is 0 Å². The summed E-state index contributed by atoms with van der Waals surface area (Å²) in [6.45, 7) is 2.83. The molecule has 4 fully saturated rings. The van der Waals surface area contributed by atoms with Gasteiger partial charge in [0.25, 0.3) is 0 Å². The highest BCUT2D eigenvalue weighted by Crippen LogP contribution is 2.58. The number of nitrogens with two attached hydrogens (primary N) is 2. The second-order valence-electron chi connectivity index (χ2n) is 6.67. The fourth-order valence-electron chi connectivity index (χ4n) is 5.14. The van der Waals surface area contributed by atoms with Gasteiger partial charge in [0, 0.05) is 12.1 Å². The van der Waals surface area contributed by atoms with Crippen molar-refractivity contribution in [1.82, 2.24) is 0 Å². The number of rotatable bonds is 2. The molecule has 2 nitrogen and oxygen atoms in total. The van der Waals surface area contributed by atoms with E-state index in [9.17, 15) is 0 Å². The Kier molecular flexibility index (Phi) is 2.16. The Morgan fingerprint density at radius 2 is 1.47 bits per heavy atom. The quantitative estimate of drug-likeness (QED) is 0.726. The summed E-state index contributed by atoms with van der Waals surface area (Å²) in [4.78, 5) is 0. The first-order valence-electron chi connectivity index (χ1n) is 6.59. The molecule has 0 spiro atoms. The molecule has 1 unspecified atom stereocenters. The van der Waals surface area contributed by atoms with Crippen LogP contribution in [0, 0.1) is 29.6 Å². The lowest BCUT2D eigenvalue weighted by Gasteiger charge is -2.58. The van der Waals surface area contributed by atoms with Crippen LogP contribution >= 0.6 is 0 Å². The predicted octanol–water partition coefficient (Wildman–Crippen LogP) is 1.73. The molecule has 4 rings (SSSR count). The van der Waals surface area contributed by atoms with Gasteiger partial charge >= 0.3 is 0 Å². The summed E-state index contributed by atoms with van der Waals surface area (Å²) in [7, 11) is 0. The largest absolute Gasteiger partial charge is 0.329 e. The Balaban J connectivity index is 1.86. The van der Waals surface area contributed by atoms with Crippen LogP contribution in [0.4, 0.5) is 0 Å². The van der Waals surface area contributed by atoms with Crippen LogP contribution in [0.2, 0.25) is 0 Å². The van der Waals surface area contributed by atoms with Crippen LogP contribution in [0.5, 0.6) is 0 Å². The maximum Gasteiger partial charge on any atom is 0.0283 e. The maximum atomic E-state index is 6.42. The molecule has 0 aromatic heterocycles. The Hall–Kier alpha value is -0.0800. The van der Waals surface area contributed by atoms with E-state index in [1.54, 1.807) is 0 Å². The van der Waals surface area contributed by atoms with Crippen LogP contribution in [0.3, 0.4) is 0 Å². The molecular formula is C13H24N2. The van der Waals surface area contributed by atoms with Gasteiger partial charge < -0.3 is 11.5 Å². The molecule has 86 valence electrons. The van der Waals surface area contributed by atoms with Crippen molar-refractivity contribution in [1.29, 1.82) is 0 Å². The molecule has 1 atom stereocenters. The van der Waals surface area contributed by atoms with E-state index in [-0.39, 0.29) is 5.54 Å². The van der Waals surface area contributed by atoms with E-state index < -0.39 is 0 Å². The van der Waals surface area contributed by atoms with Crippen molar-refractivity contribution < 1.29 is 0 Å². The zero-order chi connectivity index (χ0) is 10.6. The third-order valence-corrected chi connectivity index (χ3v) is 5.43. The third-order valence-electron chi connectivity index (χ3n) is 5.43. The first-order chi connectivity index (χ1) is 7.10. The summed E-state index contributed by atoms with van der Waals surface area (Å²) in [5.74, 6) is 4.60. The van der Waals surface area contributed by atoms with Crippen LogP contribution in [0.1, 0.15) is 39.0 Å². The highest BCUT2D eigenvalue weighted by Gasteiger charge is 2.52. The molecule has 4 N–H and O–H groups in total. The fraction of sp³-hybridized carbons (Fsp3) is 1.00. The monoisotopic (exact) mass is 208 g/mol. The van der Waals surface area contributed by atoms with Gasteiger partial charge in [-0.2, -0.15) is 0 Å². The average molecular weight is 208 g/mol. The van der Waals surface area contributed by atoms with Gasteiger partial charge in [0.15, 0.2) is 0 Å². The van der Waals surface area contributed by atoms with Gasteiger partial charge in [-0.3, -0.25) is 0 Å². The Labute approximate surface area is 92.8 Å². The van der Waals surface area contributed by atoms with E-state index in [2.05, 4.69) is 6.92 Å². The van der Waals surface area contributed by atoms with Crippen molar-refractivity contribution in [2.45, 2.75) is 44.6 Å². The van der Waals surface area contributed by atoms with Crippen LogP contribution in [-0.4, -0.2) is 12.1 Å². The third kappa shape index (κ3) is 1.45. The standard InChI is InChI=1S/C13H24N2/c1-13(15,7-14)12-10-3-8-2-9(5-10)6-11(12)4-8/h8-12H,2-7,14-15H2,1H3. The topological polar surface area (TPSA) is 52.0 Å². The summed E-state index contributed by atoms with van der Waals surface area (Å²) in [5.41, 5.74) is 12.2. The lowest BCUT2D eigenvalue weighted by molar-refractivity contribution is -0.0642. The smallest absolute Gasteiger partial charge is 0.0283 e. The van der Waals surface area contributed by atoms with Crippen molar-refractivity contribution in [3.8, 4) is 0 Å². The molecule has 4 bridgehead atoms. The minimum Gasteiger partial charge on any atom is -0.329 e. The minimum atomic E-state index is -0.109. The second-order valence-corrected chi connectivity index (χ2v) is 6.67. The summed E-state index contributed by atoms with van der Waals surface area (Å²) in [6, 6.07) is 0. The van der Waals surface area contributed by atoms with Crippen molar-refractivity contribution in [3.63, 3.8) is 0 Å². The molecule has 0 heterocycles. The SMILES string of the molecule is CC(N)(CN)C1C2CC3CC(C2)CC1C3. The van der Waals surface area contributed by atoms with E-state index in [0.717, 1.165) is 29.6 Å². The molecule has 4 aliphatic carbocycles. The Morgan fingerprint density at radius 1 is 1.00 bits per heavy atom. The lowest BCUT2D eigenvalue weighted by atomic mass is 9.48. The van der Waals surface area contributed by atoms with E-state index in [0.29, 0.717) is 6.54 Å². The van der Waals surface area contributed by atoms with Gasteiger partial charge in [-0.05, 0) is 68.6 Å². The van der Waals surface area contributed by atoms with Gasteiger partial charge in [0.2, 0.25) is 0 Å². The zero-order valence-corrected chi connectivity index (χ0v) is 9.78. The first kappa shape index (κ1) is 10.1. The van der Waals surface area contributed by atoms with Crippen LogP contribution in [0.15, 0.2) is 0 Å². The molecule has 0 aromatic rings. The normalized spacial score (nSPS) is 51.8. The van der Waals surface area contributed by atoms with Crippen LogP contribution in [0.25, 0.3) is 0 Å². The van der Waals surface area contributed by atoms with Gasteiger partial charge in [0.05, 0.1) is 0 Å². The molecule has 15 heavy (non-hydrogen) atoms. The highest BCUT2D eigenvalue weighted by molar-refractivity contribution is 5.05. The van der Waals surface area contributed by atoms with Crippen molar-refractivity contribution in [3.05, 3.63) is 0 Å². The fourth-order valence-corrected chi connectivity index (χ4v) is 5.14. The molecule has 2 heteroatoms. The summed E-state index contributed by atoms with van der Waals surface area (Å²) < 4.78 is 0. The van der Waals surface area contributed by atoms with E-state index in [1.807, 2.05) is 0 Å². The van der Waals surface area contributed by atoms with E-state index in [4.69, 9.17) is 11.5 Å². The van der Waals surface area contributed by atoms with Gasteiger partial charge in [-0.15, -0.1) is 0 Å². The number of hydrogen-bond acceptors (Lipinski definition) is 2. The molecule has 0 aliphatic heterocycles. The van der Waals surface area contributed by atoms with Crippen molar-refractivity contribution >= 4 is 0 Å². The first-order valence-corrected chi connectivity index (χ1v) is 6.59. The second kappa shape index (κ2) is 3.21. The minimum absolute atomic E-state index is 0.109. The average Bonchev–Trinajstić information content (AvgIpc) is 2.15. The predicted molar refractivity (Wildman–Crippen MR) is 62.2 cm³/mol. The number of hydrogen-bond donors (Lipinski definition) is 2. The maximum absolute atomic E-state index is 6.42. The summed E-state index contributed by atoms with van der Waals surface area (Å²) in [6.07, 6.45) is 7.31. The van der Waals surface area contributed by atoms with Gasteiger partial charge in [-0.1, -0.05) is 0 Å². The van der Waals surface area contributed by atoms with Gasteiger partial charge in [0.1, 0.15) is 0 Å². The summed E-state index contributed by atoms with van der Waals surface area (Å²) in [5, 5.41) is 0. The summed E-state index contributed by atoms with van der Waals surface area (Å²) >= 11 is 0. The molecule has 4 aliphatic rings. The van der Waals surface area contributed by atoms with Crippen LogP contribution < -0.4 is 11.5 Å². The molecule has 4 saturated carbocycles. The lowest BCUT2D eigenvalue weighted by Crippen LogP contribution is -2.60. The highest BCUT2D eigenvalue weighted by atomic mass is 14.8. The molecule has 0 aromatic carbocycles. The Bertz CT molecular complexity index is 231. The molecule has 0 saturated heterocycles. The van der Waals surface area contributed by atoms with Crippen LogP contribution in [-0.2, 0) is 0 Å². The van der Waals surface area contributed by atoms with Crippen molar-refractivity contribution in [2.24, 2.45) is 41.1 Å². The van der Waals surface area contributed by atoms with Crippen molar-refractivity contribution in [2.75, 3.05) is 6.54 Å². The Morgan fingerprint density at radius 3 is 1.87 bits per heavy atom. The van der Waals surface area contributed by atoms with E-state index in [1.165, 1.54) is 32.1 Å². The van der Waals surface area contributed by atoms with E-state index >= 15 is 0 Å².